The normalized spacial score (nSPS) is 11.5. The summed E-state index contributed by atoms with van der Waals surface area (Å²) in [6, 6.07) is 0. The largest absolute Gasteiger partial charge is 0.460 e. The van der Waals surface area contributed by atoms with Crippen LogP contribution in [0.2, 0.25) is 0 Å². The fourth-order valence-electron chi connectivity index (χ4n) is 0.899. The van der Waals surface area contributed by atoms with E-state index in [-0.39, 0.29) is 5.97 Å². The Morgan fingerprint density at radius 1 is 1.47 bits per heavy atom. The van der Waals surface area contributed by atoms with Crippen LogP contribution in [0.1, 0.15) is 20.8 Å². The lowest BCUT2D eigenvalue weighted by molar-refractivity contribution is -0.138. The van der Waals surface area contributed by atoms with Gasteiger partial charge in [-0.05, 0) is 26.8 Å². The van der Waals surface area contributed by atoms with Crippen molar-refractivity contribution in [1.29, 1.82) is 0 Å². The summed E-state index contributed by atoms with van der Waals surface area (Å²) in [6.45, 7) is 9.97. The monoisotopic (exact) mass is 209 g/mol. The minimum Gasteiger partial charge on any atom is -0.460 e. The number of ether oxygens (including phenoxy) is 1. The minimum absolute atomic E-state index is 0.343. The van der Waals surface area contributed by atoms with Gasteiger partial charge in [0.2, 0.25) is 0 Å². The Kier molecular flexibility index (Phi) is 7.06. The van der Waals surface area contributed by atoms with Crippen LogP contribution in [-0.4, -0.2) is 19.1 Å². The molecule has 0 aromatic carbocycles. The number of carbonyl (C=O) groups is 1. The van der Waals surface area contributed by atoms with E-state index in [0.29, 0.717) is 18.7 Å². The third-order valence-corrected chi connectivity index (χ3v) is 1.67. The van der Waals surface area contributed by atoms with Crippen LogP contribution >= 0.6 is 0 Å². The van der Waals surface area contributed by atoms with E-state index in [0.717, 1.165) is 5.70 Å². The fourth-order valence-corrected chi connectivity index (χ4v) is 0.899. The van der Waals surface area contributed by atoms with E-state index in [1.165, 1.54) is 0 Å². The molecule has 1 N–H and O–H groups in total. The topological polar surface area (TPSA) is 38.3 Å². The highest BCUT2D eigenvalue weighted by Crippen LogP contribution is 1.93. The van der Waals surface area contributed by atoms with Crippen LogP contribution < -0.4 is 5.32 Å². The second-order valence-electron chi connectivity index (χ2n) is 3.09. The van der Waals surface area contributed by atoms with Gasteiger partial charge in [0.25, 0.3) is 0 Å². The summed E-state index contributed by atoms with van der Waals surface area (Å²) in [5.41, 5.74) is 1.44. The van der Waals surface area contributed by atoms with Gasteiger partial charge >= 0.3 is 5.97 Å². The van der Waals surface area contributed by atoms with Gasteiger partial charge in [0.1, 0.15) is 6.61 Å². The van der Waals surface area contributed by atoms with E-state index >= 15 is 0 Å². The molecule has 3 heteroatoms. The second-order valence-corrected chi connectivity index (χ2v) is 3.09. The summed E-state index contributed by atoms with van der Waals surface area (Å²) in [6.07, 6.45) is 5.86. The maximum Gasteiger partial charge on any atom is 0.333 e. The Balaban J connectivity index is 3.71. The number of carbonyl (C=O) groups excluding carboxylic acids is 1. The van der Waals surface area contributed by atoms with Crippen molar-refractivity contribution in [3.63, 3.8) is 0 Å². The maximum absolute atomic E-state index is 11.0. The molecule has 0 saturated carbocycles. The number of nitrogens with one attached hydrogen (secondary N) is 1. The van der Waals surface area contributed by atoms with Crippen LogP contribution in [0.4, 0.5) is 0 Å². The van der Waals surface area contributed by atoms with Crippen molar-refractivity contribution >= 4 is 5.97 Å². The predicted octanol–water partition coefficient (Wildman–Crippen LogP) is 2.18. The Bertz CT molecular complexity index is 277. The Hall–Kier alpha value is -1.51. The summed E-state index contributed by atoms with van der Waals surface area (Å²) in [5.74, 6) is -0.343. The highest BCUT2D eigenvalue weighted by atomic mass is 16.5. The molecule has 0 fully saturated rings. The summed E-state index contributed by atoms with van der Waals surface area (Å²) in [7, 11) is 0. The molecule has 15 heavy (non-hydrogen) atoms. The van der Waals surface area contributed by atoms with Crippen molar-refractivity contribution in [2.45, 2.75) is 20.8 Å². The molecule has 84 valence electrons. The quantitative estimate of drug-likeness (QED) is 0.315. The summed E-state index contributed by atoms with van der Waals surface area (Å²) < 4.78 is 4.92. The van der Waals surface area contributed by atoms with E-state index in [2.05, 4.69) is 11.9 Å². The van der Waals surface area contributed by atoms with Gasteiger partial charge in [-0.2, -0.15) is 0 Å². The predicted molar refractivity (Wildman–Crippen MR) is 62.3 cm³/mol. The number of allylic oxidation sites excluding steroid dienone is 3. The number of hydrogen-bond acceptors (Lipinski definition) is 3. The van der Waals surface area contributed by atoms with Crippen molar-refractivity contribution < 1.29 is 9.53 Å². The summed E-state index contributed by atoms with van der Waals surface area (Å²) >= 11 is 0. The molecule has 0 atom stereocenters. The Morgan fingerprint density at radius 3 is 2.60 bits per heavy atom. The SMILES string of the molecule is C=C(C)C(=O)OCCNC(/C=C\C)=C/C. The van der Waals surface area contributed by atoms with Gasteiger partial charge in [-0.1, -0.05) is 18.7 Å². The van der Waals surface area contributed by atoms with Gasteiger partial charge in [-0.3, -0.25) is 0 Å². The Labute approximate surface area is 91.5 Å². The van der Waals surface area contributed by atoms with Gasteiger partial charge < -0.3 is 10.1 Å². The molecule has 0 aromatic heterocycles. The molecule has 0 spiro atoms. The van der Waals surface area contributed by atoms with Gasteiger partial charge in [-0.25, -0.2) is 4.79 Å². The molecular weight excluding hydrogens is 190 g/mol. The standard InChI is InChI=1S/C12H19NO2/c1-5-7-11(6-2)13-8-9-15-12(14)10(3)4/h5-7,13H,3,8-9H2,1-2,4H3/b7-5-,11-6+. The molecule has 0 amide bonds. The smallest absolute Gasteiger partial charge is 0.333 e. The van der Waals surface area contributed by atoms with E-state index in [1.807, 2.05) is 32.1 Å². The van der Waals surface area contributed by atoms with Gasteiger partial charge in [0, 0.05) is 17.8 Å². The van der Waals surface area contributed by atoms with Gasteiger partial charge in [0.05, 0.1) is 0 Å². The molecule has 0 rings (SSSR count). The average molecular weight is 209 g/mol. The zero-order valence-electron chi connectivity index (χ0n) is 9.67. The first-order valence-electron chi connectivity index (χ1n) is 4.97. The molecule has 0 unspecified atom stereocenters. The number of esters is 1. The first-order valence-corrected chi connectivity index (χ1v) is 4.97. The number of hydrogen-bond donors (Lipinski definition) is 1. The first kappa shape index (κ1) is 13.5. The van der Waals surface area contributed by atoms with E-state index in [1.54, 1.807) is 6.92 Å². The zero-order chi connectivity index (χ0) is 11.7. The van der Waals surface area contributed by atoms with Crippen molar-refractivity contribution in [3.05, 3.63) is 36.1 Å². The molecule has 0 aliphatic carbocycles. The molecule has 0 saturated heterocycles. The van der Waals surface area contributed by atoms with Crippen molar-refractivity contribution in [1.82, 2.24) is 5.32 Å². The van der Waals surface area contributed by atoms with Crippen molar-refractivity contribution in [3.8, 4) is 0 Å². The lowest BCUT2D eigenvalue weighted by atomic mass is 10.3. The highest BCUT2D eigenvalue weighted by Gasteiger charge is 2.01. The molecule has 0 radical (unpaired) electrons. The molecule has 0 aromatic rings. The second kappa shape index (κ2) is 7.85. The van der Waals surface area contributed by atoms with Gasteiger partial charge in [0.15, 0.2) is 0 Å². The number of rotatable bonds is 6. The molecule has 0 aliphatic rings. The molecule has 0 aliphatic heterocycles. The summed E-state index contributed by atoms with van der Waals surface area (Å²) in [5, 5.41) is 3.13. The summed E-state index contributed by atoms with van der Waals surface area (Å²) in [4.78, 5) is 11.0. The minimum atomic E-state index is -0.343. The van der Waals surface area contributed by atoms with E-state index in [4.69, 9.17) is 4.74 Å². The highest BCUT2D eigenvalue weighted by molar-refractivity contribution is 5.86. The Morgan fingerprint density at radius 2 is 2.13 bits per heavy atom. The van der Waals surface area contributed by atoms with Crippen LogP contribution in [-0.2, 0) is 9.53 Å². The van der Waals surface area contributed by atoms with Crippen LogP contribution in [0.5, 0.6) is 0 Å². The van der Waals surface area contributed by atoms with Crippen molar-refractivity contribution in [2.75, 3.05) is 13.2 Å². The van der Waals surface area contributed by atoms with Crippen LogP contribution in [0.15, 0.2) is 36.1 Å². The van der Waals surface area contributed by atoms with Crippen LogP contribution in [0.25, 0.3) is 0 Å². The average Bonchev–Trinajstić information content (AvgIpc) is 2.22. The molecule has 0 heterocycles. The molecule has 3 nitrogen and oxygen atoms in total. The van der Waals surface area contributed by atoms with Gasteiger partial charge in [-0.15, -0.1) is 0 Å². The fraction of sp³-hybridized carbons (Fsp3) is 0.417. The zero-order valence-corrected chi connectivity index (χ0v) is 9.67. The van der Waals surface area contributed by atoms with E-state index < -0.39 is 0 Å². The van der Waals surface area contributed by atoms with Crippen LogP contribution in [0.3, 0.4) is 0 Å². The van der Waals surface area contributed by atoms with Crippen molar-refractivity contribution in [2.24, 2.45) is 0 Å². The third-order valence-electron chi connectivity index (χ3n) is 1.67. The molecule has 0 bridgehead atoms. The maximum atomic E-state index is 11.0. The van der Waals surface area contributed by atoms with E-state index in [9.17, 15) is 4.79 Å². The lowest BCUT2D eigenvalue weighted by Gasteiger charge is -2.07. The third kappa shape index (κ3) is 6.55. The van der Waals surface area contributed by atoms with Crippen LogP contribution in [0, 0.1) is 0 Å². The first-order chi connectivity index (χ1) is 7.11. The molecular formula is C12H19NO2. The lowest BCUT2D eigenvalue weighted by Crippen LogP contribution is -2.20.